The smallest absolute Gasteiger partial charge is 0.123 e. The lowest BCUT2D eigenvalue weighted by molar-refractivity contribution is 0.209. The van der Waals surface area contributed by atoms with Gasteiger partial charge in [0.15, 0.2) is 0 Å². The molecule has 4 aromatic rings. The first kappa shape index (κ1) is 28.4. The molecule has 2 aromatic heterocycles. The highest BCUT2D eigenvalue weighted by Gasteiger charge is 2.53. The monoisotopic (exact) mass is 620 g/mol. The first-order valence-electron chi connectivity index (χ1n) is 16.6. The van der Waals surface area contributed by atoms with Crippen LogP contribution in [0, 0.1) is 34.3 Å². The summed E-state index contributed by atoms with van der Waals surface area (Å²) < 4.78 is 41.4. The van der Waals surface area contributed by atoms with Crippen molar-refractivity contribution in [2.24, 2.45) is 22.7 Å². The summed E-state index contributed by atoms with van der Waals surface area (Å²) in [5.41, 5.74) is 10.2. The second-order valence-corrected chi connectivity index (χ2v) is 14.4. The summed E-state index contributed by atoms with van der Waals surface area (Å²) in [7, 11) is 0. The van der Waals surface area contributed by atoms with Crippen molar-refractivity contribution in [3.8, 4) is 11.4 Å². The van der Waals surface area contributed by atoms with Gasteiger partial charge in [-0.2, -0.15) is 10.2 Å². The van der Waals surface area contributed by atoms with Gasteiger partial charge in [-0.05, 0) is 133 Å². The van der Waals surface area contributed by atoms with E-state index in [1.807, 2.05) is 21.8 Å². The molecular weight excluding hydrogens is 582 g/mol. The molecule has 6 aliphatic rings. The molecule has 0 radical (unpaired) electrons. The van der Waals surface area contributed by atoms with Gasteiger partial charge in [-0.3, -0.25) is 0 Å². The number of nitrogens with zero attached hydrogens (tertiary/aromatic N) is 4. The van der Waals surface area contributed by atoms with Crippen LogP contribution in [0.5, 0.6) is 0 Å². The van der Waals surface area contributed by atoms with Crippen molar-refractivity contribution in [2.75, 3.05) is 13.2 Å². The van der Waals surface area contributed by atoms with Crippen molar-refractivity contribution in [1.82, 2.24) is 19.6 Å². The van der Waals surface area contributed by atoms with Crippen LogP contribution in [0.4, 0.5) is 8.78 Å². The van der Waals surface area contributed by atoms with Crippen molar-refractivity contribution < 1.29 is 18.3 Å². The van der Waals surface area contributed by atoms with E-state index < -0.39 is 0 Å². The first-order valence-corrected chi connectivity index (χ1v) is 16.6. The minimum atomic E-state index is -0.219. The Bertz CT molecular complexity index is 1740. The third-order valence-corrected chi connectivity index (χ3v) is 11.8. The van der Waals surface area contributed by atoms with Crippen LogP contribution >= 0.6 is 0 Å². The Balaban J connectivity index is 0.000000127. The van der Waals surface area contributed by atoms with Gasteiger partial charge in [0.25, 0.3) is 0 Å². The fourth-order valence-corrected chi connectivity index (χ4v) is 9.10. The fourth-order valence-electron chi connectivity index (χ4n) is 9.10. The number of ether oxygens (including phenoxy) is 2. The Morgan fingerprint density at radius 1 is 0.652 bits per heavy atom. The standard InChI is InChI=1S/2C19H19FN2O/c2*1-19-9-12-10-21-22(15-5-3-14(20)4-6-15)17(12)8-13(19)2-7-16(19)18-11-23-18/h2*3-6,8,10,16,18H,2,7,9,11H2,1H3/t16-,18+,19+;16-,18-,19+/m11/s1. The third-order valence-electron chi connectivity index (χ3n) is 11.8. The SMILES string of the molecule is C[C@]12Cc3cnn(-c4ccc(F)cc4)c3C=C1CC[C@@H]2[C@@H]1CO1.C[C@]12Cc3cnn(-c4ccc(F)cc4)c3C=C1CC[C@@H]2[C@H]1CO1. The van der Waals surface area contributed by atoms with E-state index >= 15 is 0 Å². The van der Waals surface area contributed by atoms with Gasteiger partial charge in [0.05, 0.1) is 60.6 Å². The van der Waals surface area contributed by atoms with Gasteiger partial charge in [0.1, 0.15) is 11.6 Å². The average Bonchev–Trinajstić information content (AvgIpc) is 3.93. The van der Waals surface area contributed by atoms with Crippen molar-refractivity contribution in [2.45, 2.75) is 64.6 Å². The summed E-state index contributed by atoms with van der Waals surface area (Å²) >= 11 is 0. The van der Waals surface area contributed by atoms with E-state index in [-0.39, 0.29) is 22.5 Å². The molecule has 2 aromatic carbocycles. The van der Waals surface area contributed by atoms with Gasteiger partial charge in [-0.25, -0.2) is 18.1 Å². The Labute approximate surface area is 267 Å². The van der Waals surface area contributed by atoms with Crippen LogP contribution in [-0.4, -0.2) is 45.0 Å². The molecular formula is C38H38F2N4O2. The summed E-state index contributed by atoms with van der Waals surface area (Å²) in [5, 5.41) is 9.12. The zero-order valence-electron chi connectivity index (χ0n) is 26.3. The van der Waals surface area contributed by atoms with E-state index in [1.54, 1.807) is 24.3 Å². The number of allylic oxidation sites excluding steroid dienone is 2. The molecule has 0 amide bonds. The van der Waals surface area contributed by atoms with Crippen LogP contribution in [0.2, 0.25) is 0 Å². The van der Waals surface area contributed by atoms with Crippen LogP contribution in [0.15, 0.2) is 72.1 Å². The quantitative estimate of drug-likeness (QED) is 0.221. The van der Waals surface area contributed by atoms with Gasteiger partial charge >= 0.3 is 0 Å². The van der Waals surface area contributed by atoms with Crippen LogP contribution in [0.25, 0.3) is 23.5 Å². The number of hydrogen-bond acceptors (Lipinski definition) is 4. The summed E-state index contributed by atoms with van der Waals surface area (Å²) in [6.45, 7) is 6.62. The van der Waals surface area contributed by atoms with Gasteiger partial charge < -0.3 is 9.47 Å². The van der Waals surface area contributed by atoms with Gasteiger partial charge in [0.2, 0.25) is 0 Å². The molecule has 4 aliphatic carbocycles. The van der Waals surface area contributed by atoms with Gasteiger partial charge in [-0.1, -0.05) is 25.0 Å². The van der Waals surface area contributed by atoms with E-state index in [1.165, 1.54) is 59.4 Å². The second kappa shape index (κ2) is 10.3. The van der Waals surface area contributed by atoms with E-state index in [0.29, 0.717) is 24.0 Å². The lowest BCUT2D eigenvalue weighted by Crippen LogP contribution is -2.31. The molecule has 0 spiro atoms. The Morgan fingerprint density at radius 2 is 1.04 bits per heavy atom. The van der Waals surface area contributed by atoms with Crippen molar-refractivity contribution >= 4 is 12.2 Å². The van der Waals surface area contributed by atoms with Crippen LogP contribution in [-0.2, 0) is 22.3 Å². The molecule has 2 saturated heterocycles. The van der Waals surface area contributed by atoms with Gasteiger partial charge in [-0.15, -0.1) is 0 Å². The predicted molar refractivity (Wildman–Crippen MR) is 172 cm³/mol. The maximum Gasteiger partial charge on any atom is 0.123 e. The molecule has 46 heavy (non-hydrogen) atoms. The minimum absolute atomic E-state index is 0.213. The highest BCUT2D eigenvalue weighted by Crippen LogP contribution is 2.57. The highest BCUT2D eigenvalue weighted by molar-refractivity contribution is 5.63. The number of benzene rings is 2. The molecule has 8 heteroatoms. The number of rotatable bonds is 4. The maximum atomic E-state index is 13.2. The van der Waals surface area contributed by atoms with Crippen molar-refractivity contribution in [3.63, 3.8) is 0 Å². The molecule has 6 atom stereocenters. The molecule has 0 N–H and O–H groups in total. The molecule has 4 fully saturated rings. The summed E-state index contributed by atoms with van der Waals surface area (Å²) in [5.74, 6) is 0.833. The summed E-state index contributed by atoms with van der Waals surface area (Å²) in [6, 6.07) is 13.1. The molecule has 0 unspecified atom stereocenters. The third kappa shape index (κ3) is 4.55. The van der Waals surface area contributed by atoms with Crippen LogP contribution < -0.4 is 0 Å². The van der Waals surface area contributed by atoms with Crippen LogP contribution in [0.1, 0.15) is 62.0 Å². The molecule has 0 bridgehead atoms. The predicted octanol–water partition coefficient (Wildman–Crippen LogP) is 7.53. The molecule has 6 nitrogen and oxygen atoms in total. The average molecular weight is 621 g/mol. The van der Waals surface area contributed by atoms with Crippen molar-refractivity contribution in [1.29, 1.82) is 0 Å². The highest BCUT2D eigenvalue weighted by atomic mass is 19.1. The fraction of sp³-hybridized carbons (Fsp3) is 0.421. The molecule has 2 aliphatic heterocycles. The van der Waals surface area contributed by atoms with Gasteiger partial charge in [0, 0.05) is 0 Å². The largest absolute Gasteiger partial charge is 0.373 e. The van der Waals surface area contributed by atoms with E-state index in [4.69, 9.17) is 9.47 Å². The maximum absolute atomic E-state index is 13.2. The van der Waals surface area contributed by atoms with Crippen LogP contribution in [0.3, 0.4) is 0 Å². The zero-order chi connectivity index (χ0) is 31.2. The lowest BCUT2D eigenvalue weighted by Gasteiger charge is -2.35. The van der Waals surface area contributed by atoms with E-state index in [2.05, 4.69) is 36.2 Å². The number of epoxide rings is 2. The lowest BCUT2D eigenvalue weighted by atomic mass is 9.69. The summed E-state index contributed by atoms with van der Waals surface area (Å²) in [6.07, 6.45) is 16.3. The molecule has 236 valence electrons. The zero-order valence-corrected chi connectivity index (χ0v) is 26.3. The molecule has 10 rings (SSSR count). The Hall–Kier alpha value is -3.88. The summed E-state index contributed by atoms with van der Waals surface area (Å²) in [4.78, 5) is 0. The number of aromatic nitrogens is 4. The Morgan fingerprint density at radius 3 is 1.41 bits per heavy atom. The minimum Gasteiger partial charge on any atom is -0.373 e. The normalized spacial score (nSPS) is 31.5. The topological polar surface area (TPSA) is 60.7 Å². The first-order chi connectivity index (χ1) is 22.3. The number of fused-ring (bicyclic) bond motifs is 4. The number of halogens is 2. The van der Waals surface area contributed by atoms with E-state index in [0.717, 1.165) is 61.7 Å². The Kier molecular flexibility index (Phi) is 6.35. The second-order valence-electron chi connectivity index (χ2n) is 14.4. The van der Waals surface area contributed by atoms with E-state index in [9.17, 15) is 8.78 Å². The van der Waals surface area contributed by atoms with Crippen molar-refractivity contribution in [3.05, 3.63) is 106 Å². The number of hydrogen-bond donors (Lipinski definition) is 0. The molecule has 4 heterocycles. The molecule has 2 saturated carbocycles.